The summed E-state index contributed by atoms with van der Waals surface area (Å²) in [5.74, 6) is 2.25. The van der Waals surface area contributed by atoms with E-state index in [4.69, 9.17) is 0 Å². The summed E-state index contributed by atoms with van der Waals surface area (Å²) in [6.07, 6.45) is 8.40. The molecule has 5 aliphatic rings. The van der Waals surface area contributed by atoms with E-state index in [1.807, 2.05) is 49.1 Å². The molecule has 5 fully saturated rings. The Hall–Kier alpha value is -2.37. The van der Waals surface area contributed by atoms with Crippen LogP contribution in [-0.2, 0) is 9.59 Å². The lowest BCUT2D eigenvalue weighted by Gasteiger charge is -2.56. The number of rotatable bonds is 6. The Kier molecular flexibility index (Phi) is 6.43. The number of nitrogens with one attached hydrogen (secondary N) is 2. The number of benzene rings is 1. The monoisotopic (exact) mass is 465 g/mol. The van der Waals surface area contributed by atoms with Crippen molar-refractivity contribution in [3.05, 3.63) is 35.9 Å². The number of carbonyl (C=O) groups is 3. The Balaban J connectivity index is 1.17. The number of piperidine rings is 1. The van der Waals surface area contributed by atoms with Gasteiger partial charge in [0.2, 0.25) is 11.8 Å². The minimum absolute atomic E-state index is 0.0286. The molecular formula is C28H39N3O3. The smallest absolute Gasteiger partial charge is 0.251 e. The highest BCUT2D eigenvalue weighted by Crippen LogP contribution is 2.60. The maximum absolute atomic E-state index is 13.6. The fourth-order valence-electron chi connectivity index (χ4n) is 7.50. The Bertz CT molecular complexity index is 885. The normalized spacial score (nSPS) is 31.4. The molecule has 4 bridgehead atoms. The lowest BCUT2D eigenvalue weighted by atomic mass is 9.49. The molecule has 1 saturated heterocycles. The maximum Gasteiger partial charge on any atom is 0.251 e. The SMILES string of the molecule is CC(C)[C@H](NC(=O)C12CC3CC(CC(C3)C1)C2)C(=O)N1CCC(NC(=O)c2ccccc2)CC1. The predicted molar refractivity (Wildman–Crippen MR) is 131 cm³/mol. The standard InChI is InChI=1S/C28H39N3O3/c1-18(2)24(30-27(34)28-15-19-12-20(16-28)14-21(13-19)17-28)26(33)31-10-8-23(9-11-31)29-25(32)22-6-4-3-5-7-22/h3-7,18-21,23-24H,8-17H2,1-2H3,(H,29,32)(H,30,34)/t19?,20?,21?,24-,28?/m0/s1. The zero-order valence-corrected chi connectivity index (χ0v) is 20.6. The van der Waals surface area contributed by atoms with Crippen LogP contribution in [0.1, 0.15) is 75.6 Å². The van der Waals surface area contributed by atoms with E-state index in [1.165, 1.54) is 19.3 Å². The molecule has 0 unspecified atom stereocenters. The summed E-state index contributed by atoms with van der Waals surface area (Å²) in [4.78, 5) is 41.4. The van der Waals surface area contributed by atoms with E-state index in [1.54, 1.807) is 0 Å². The molecule has 2 N–H and O–H groups in total. The van der Waals surface area contributed by atoms with Crippen LogP contribution in [-0.4, -0.2) is 47.8 Å². The molecule has 1 aromatic rings. The van der Waals surface area contributed by atoms with Gasteiger partial charge in [-0.3, -0.25) is 14.4 Å². The molecule has 34 heavy (non-hydrogen) atoms. The summed E-state index contributed by atoms with van der Waals surface area (Å²) in [5.41, 5.74) is 0.421. The minimum atomic E-state index is -0.476. The first-order valence-corrected chi connectivity index (χ1v) is 13.3. The Morgan fingerprint density at radius 2 is 1.47 bits per heavy atom. The van der Waals surface area contributed by atoms with Gasteiger partial charge < -0.3 is 15.5 Å². The molecule has 1 aliphatic heterocycles. The van der Waals surface area contributed by atoms with Crippen LogP contribution < -0.4 is 10.6 Å². The number of carbonyl (C=O) groups excluding carboxylic acids is 3. The van der Waals surface area contributed by atoms with Crippen LogP contribution in [0.25, 0.3) is 0 Å². The van der Waals surface area contributed by atoms with E-state index in [0.717, 1.165) is 32.1 Å². The third kappa shape index (κ3) is 4.60. The highest BCUT2D eigenvalue weighted by Gasteiger charge is 2.55. The van der Waals surface area contributed by atoms with Crippen molar-refractivity contribution in [3.63, 3.8) is 0 Å². The van der Waals surface area contributed by atoms with E-state index >= 15 is 0 Å². The number of hydrogen-bond acceptors (Lipinski definition) is 3. The number of likely N-dealkylation sites (tertiary alicyclic amines) is 1. The van der Waals surface area contributed by atoms with Gasteiger partial charge in [-0.05, 0) is 87.2 Å². The Morgan fingerprint density at radius 3 is 2.00 bits per heavy atom. The zero-order valence-electron chi connectivity index (χ0n) is 20.6. The van der Waals surface area contributed by atoms with Crippen LogP contribution in [0.2, 0.25) is 0 Å². The third-order valence-electron chi connectivity index (χ3n) is 8.92. The average molecular weight is 466 g/mol. The fraction of sp³-hybridized carbons (Fsp3) is 0.679. The third-order valence-corrected chi connectivity index (χ3v) is 8.92. The highest BCUT2D eigenvalue weighted by molar-refractivity contribution is 5.94. The average Bonchev–Trinajstić information content (AvgIpc) is 2.82. The Morgan fingerprint density at radius 1 is 0.912 bits per heavy atom. The summed E-state index contributed by atoms with van der Waals surface area (Å²) in [6, 6.07) is 8.84. The molecule has 6 rings (SSSR count). The summed E-state index contributed by atoms with van der Waals surface area (Å²) in [6.45, 7) is 5.26. The van der Waals surface area contributed by atoms with Gasteiger partial charge >= 0.3 is 0 Å². The van der Waals surface area contributed by atoms with Crippen LogP contribution in [0.15, 0.2) is 30.3 Å². The molecule has 6 nitrogen and oxygen atoms in total. The molecule has 1 aromatic carbocycles. The van der Waals surface area contributed by atoms with Crippen molar-refractivity contribution in [3.8, 4) is 0 Å². The van der Waals surface area contributed by atoms with Gasteiger partial charge in [0.15, 0.2) is 0 Å². The fourth-order valence-corrected chi connectivity index (χ4v) is 7.50. The van der Waals surface area contributed by atoms with Crippen LogP contribution in [0, 0.1) is 29.1 Å². The van der Waals surface area contributed by atoms with Crippen molar-refractivity contribution in [2.24, 2.45) is 29.1 Å². The molecule has 6 heteroatoms. The second-order valence-electron chi connectivity index (χ2n) is 11.8. The molecular weight excluding hydrogens is 426 g/mol. The van der Waals surface area contributed by atoms with Gasteiger partial charge in [-0.25, -0.2) is 0 Å². The second kappa shape index (κ2) is 9.35. The summed E-state index contributed by atoms with van der Waals surface area (Å²) >= 11 is 0. The van der Waals surface area contributed by atoms with Gasteiger partial charge in [0.25, 0.3) is 5.91 Å². The van der Waals surface area contributed by atoms with Crippen molar-refractivity contribution >= 4 is 17.7 Å². The molecule has 4 saturated carbocycles. The molecule has 184 valence electrons. The van der Waals surface area contributed by atoms with Crippen LogP contribution in [0.3, 0.4) is 0 Å². The molecule has 4 aliphatic carbocycles. The van der Waals surface area contributed by atoms with Gasteiger partial charge in [0.1, 0.15) is 6.04 Å². The number of amides is 3. The van der Waals surface area contributed by atoms with E-state index in [-0.39, 0.29) is 35.1 Å². The van der Waals surface area contributed by atoms with E-state index in [2.05, 4.69) is 10.6 Å². The topological polar surface area (TPSA) is 78.5 Å². The number of nitrogens with zero attached hydrogens (tertiary/aromatic N) is 1. The van der Waals surface area contributed by atoms with Crippen LogP contribution in [0.4, 0.5) is 0 Å². The van der Waals surface area contributed by atoms with Crippen molar-refractivity contribution in [2.75, 3.05) is 13.1 Å². The second-order valence-corrected chi connectivity index (χ2v) is 11.8. The lowest BCUT2D eigenvalue weighted by molar-refractivity contribution is -0.151. The molecule has 0 aromatic heterocycles. The zero-order chi connectivity index (χ0) is 23.9. The van der Waals surface area contributed by atoms with Gasteiger partial charge in [0, 0.05) is 30.1 Å². The quantitative estimate of drug-likeness (QED) is 0.671. The van der Waals surface area contributed by atoms with E-state index in [0.29, 0.717) is 36.4 Å². The highest BCUT2D eigenvalue weighted by atomic mass is 16.2. The van der Waals surface area contributed by atoms with Gasteiger partial charge in [0.05, 0.1) is 0 Å². The van der Waals surface area contributed by atoms with Crippen LogP contribution in [0.5, 0.6) is 0 Å². The van der Waals surface area contributed by atoms with Gasteiger partial charge in [-0.1, -0.05) is 32.0 Å². The minimum Gasteiger partial charge on any atom is -0.349 e. The summed E-state index contributed by atoms with van der Waals surface area (Å²) in [5, 5.41) is 6.34. The van der Waals surface area contributed by atoms with Crippen molar-refractivity contribution < 1.29 is 14.4 Å². The molecule has 1 atom stereocenters. The summed E-state index contributed by atoms with van der Waals surface area (Å²) in [7, 11) is 0. The first-order valence-electron chi connectivity index (χ1n) is 13.3. The van der Waals surface area contributed by atoms with Gasteiger partial charge in [-0.2, -0.15) is 0 Å². The lowest BCUT2D eigenvalue weighted by Crippen LogP contribution is -2.59. The van der Waals surface area contributed by atoms with Crippen LogP contribution >= 0.6 is 0 Å². The van der Waals surface area contributed by atoms with Crippen molar-refractivity contribution in [1.82, 2.24) is 15.5 Å². The molecule has 0 spiro atoms. The Labute approximate surface area is 203 Å². The van der Waals surface area contributed by atoms with E-state index < -0.39 is 6.04 Å². The molecule has 3 amide bonds. The van der Waals surface area contributed by atoms with Gasteiger partial charge in [-0.15, -0.1) is 0 Å². The molecule has 1 heterocycles. The number of hydrogen-bond donors (Lipinski definition) is 2. The maximum atomic E-state index is 13.6. The molecule has 0 radical (unpaired) electrons. The van der Waals surface area contributed by atoms with E-state index in [9.17, 15) is 14.4 Å². The predicted octanol–water partition coefficient (Wildman–Crippen LogP) is 3.76. The van der Waals surface area contributed by atoms with Crippen molar-refractivity contribution in [2.45, 2.75) is 77.3 Å². The summed E-state index contributed by atoms with van der Waals surface area (Å²) < 4.78 is 0. The van der Waals surface area contributed by atoms with Crippen molar-refractivity contribution in [1.29, 1.82) is 0 Å². The first kappa shape index (κ1) is 23.4. The largest absolute Gasteiger partial charge is 0.349 e. The first-order chi connectivity index (χ1) is 16.3.